The van der Waals surface area contributed by atoms with Gasteiger partial charge in [0.15, 0.2) is 5.43 Å². The average Bonchev–Trinajstić information content (AvgIpc) is 3.07. The topological polar surface area (TPSA) is 87.4 Å². The summed E-state index contributed by atoms with van der Waals surface area (Å²) >= 11 is 6.31. The number of fused-ring (bicyclic) bond motifs is 1. The van der Waals surface area contributed by atoms with Crippen LogP contribution in [0, 0.1) is 18.3 Å². The van der Waals surface area contributed by atoms with Crippen LogP contribution in [-0.2, 0) is 7.05 Å². The molecule has 4 rings (SSSR count). The zero-order valence-corrected chi connectivity index (χ0v) is 15.4. The van der Waals surface area contributed by atoms with Crippen LogP contribution in [0.5, 0.6) is 0 Å². The van der Waals surface area contributed by atoms with Crippen LogP contribution in [0.3, 0.4) is 0 Å². The highest BCUT2D eigenvalue weighted by atomic mass is 35.5. The Bertz CT molecular complexity index is 1270. The van der Waals surface area contributed by atoms with Crippen molar-refractivity contribution in [2.75, 3.05) is 0 Å². The fourth-order valence-corrected chi connectivity index (χ4v) is 3.40. The van der Waals surface area contributed by atoms with Gasteiger partial charge >= 0.3 is 0 Å². The molecule has 1 aromatic carbocycles. The molecule has 1 N–H and O–H groups in total. The Kier molecular flexibility index (Phi) is 4.02. The van der Waals surface area contributed by atoms with E-state index in [2.05, 4.69) is 21.1 Å². The molecule has 6 nitrogen and oxygen atoms in total. The summed E-state index contributed by atoms with van der Waals surface area (Å²) in [6.07, 6.45) is 3.40. The van der Waals surface area contributed by atoms with Gasteiger partial charge in [-0.3, -0.25) is 9.48 Å². The molecule has 0 aliphatic rings. The lowest BCUT2D eigenvalue weighted by atomic mass is 9.97. The van der Waals surface area contributed by atoms with Crippen molar-refractivity contribution in [3.63, 3.8) is 0 Å². The van der Waals surface area contributed by atoms with Gasteiger partial charge in [-0.2, -0.15) is 10.4 Å². The van der Waals surface area contributed by atoms with Crippen LogP contribution in [0.15, 0.2) is 47.5 Å². The number of aryl methyl sites for hydroxylation is 2. The van der Waals surface area contributed by atoms with E-state index in [4.69, 9.17) is 11.6 Å². The first-order valence-corrected chi connectivity index (χ1v) is 8.59. The van der Waals surface area contributed by atoms with E-state index in [1.165, 1.54) is 6.07 Å². The summed E-state index contributed by atoms with van der Waals surface area (Å²) in [6.45, 7) is 1.83. The third-order valence-corrected chi connectivity index (χ3v) is 4.71. The molecule has 132 valence electrons. The van der Waals surface area contributed by atoms with Gasteiger partial charge in [-0.15, -0.1) is 0 Å². The minimum absolute atomic E-state index is 0.124. The van der Waals surface area contributed by atoms with Crippen LogP contribution in [0.25, 0.3) is 33.5 Å². The molecule has 3 aromatic heterocycles. The molecule has 0 atom stereocenters. The van der Waals surface area contributed by atoms with Crippen LogP contribution in [0.1, 0.15) is 11.1 Å². The van der Waals surface area contributed by atoms with Crippen molar-refractivity contribution in [1.29, 1.82) is 5.26 Å². The first-order valence-electron chi connectivity index (χ1n) is 8.21. The van der Waals surface area contributed by atoms with E-state index in [-0.39, 0.29) is 5.43 Å². The number of pyridine rings is 2. The predicted molar refractivity (Wildman–Crippen MR) is 104 cm³/mol. The molecule has 0 fully saturated rings. The van der Waals surface area contributed by atoms with E-state index in [9.17, 15) is 10.1 Å². The first kappa shape index (κ1) is 17.0. The van der Waals surface area contributed by atoms with E-state index in [1.807, 2.05) is 32.3 Å². The van der Waals surface area contributed by atoms with Gasteiger partial charge in [0, 0.05) is 31.1 Å². The summed E-state index contributed by atoms with van der Waals surface area (Å²) in [5.41, 5.74) is 4.37. The molecule has 0 radical (unpaired) electrons. The molecule has 0 aliphatic heterocycles. The van der Waals surface area contributed by atoms with Crippen molar-refractivity contribution in [3.8, 4) is 28.6 Å². The second kappa shape index (κ2) is 6.38. The molecule has 7 heteroatoms. The Labute approximate surface area is 159 Å². The molecule has 0 spiro atoms. The molecule has 27 heavy (non-hydrogen) atoms. The molecule has 4 aromatic rings. The predicted octanol–water partition coefficient (Wildman–Crippen LogP) is 3.82. The highest BCUT2D eigenvalue weighted by molar-refractivity contribution is 6.32. The van der Waals surface area contributed by atoms with Gasteiger partial charge in [-0.05, 0) is 42.3 Å². The zero-order valence-electron chi connectivity index (χ0n) is 14.6. The number of aromatic amines is 1. The van der Waals surface area contributed by atoms with Crippen molar-refractivity contribution in [2.45, 2.75) is 6.92 Å². The lowest BCUT2D eigenvalue weighted by Gasteiger charge is -2.11. The van der Waals surface area contributed by atoms with Gasteiger partial charge in [-0.25, -0.2) is 4.98 Å². The minimum atomic E-state index is -0.124. The number of rotatable bonds is 2. The van der Waals surface area contributed by atoms with Crippen molar-refractivity contribution < 1.29 is 0 Å². The molecular formula is C20H14ClN5O. The number of nitrogens with one attached hydrogen (secondary N) is 1. The fourth-order valence-electron chi connectivity index (χ4n) is 3.10. The molecule has 0 bridgehead atoms. The molecule has 0 aliphatic carbocycles. The Morgan fingerprint density at radius 3 is 2.74 bits per heavy atom. The quantitative estimate of drug-likeness (QED) is 0.576. The smallest absolute Gasteiger partial charge is 0.191 e. The average molecular weight is 376 g/mol. The number of nitrogens with zero attached hydrogens (tertiary/aromatic N) is 4. The second-order valence-electron chi connectivity index (χ2n) is 6.26. The van der Waals surface area contributed by atoms with Crippen LogP contribution >= 0.6 is 11.6 Å². The highest BCUT2D eigenvalue weighted by Gasteiger charge is 2.17. The minimum Gasteiger partial charge on any atom is -0.346 e. The maximum absolute atomic E-state index is 12.3. The zero-order chi connectivity index (χ0) is 19.1. The largest absolute Gasteiger partial charge is 0.346 e. The maximum atomic E-state index is 12.3. The number of hydrogen-bond acceptors (Lipinski definition) is 4. The van der Waals surface area contributed by atoms with Gasteiger partial charge < -0.3 is 4.98 Å². The van der Waals surface area contributed by atoms with Gasteiger partial charge in [0.1, 0.15) is 23.1 Å². The molecule has 3 heterocycles. The van der Waals surface area contributed by atoms with Gasteiger partial charge in [0.05, 0.1) is 16.0 Å². The van der Waals surface area contributed by atoms with E-state index >= 15 is 0 Å². The summed E-state index contributed by atoms with van der Waals surface area (Å²) in [5, 5.41) is 14.6. The summed E-state index contributed by atoms with van der Waals surface area (Å²) in [4.78, 5) is 20.0. The summed E-state index contributed by atoms with van der Waals surface area (Å²) < 4.78 is 1.69. The third-order valence-electron chi connectivity index (χ3n) is 4.41. The third kappa shape index (κ3) is 2.88. The number of halogens is 1. The first-order chi connectivity index (χ1) is 13.0. The van der Waals surface area contributed by atoms with Crippen molar-refractivity contribution in [3.05, 3.63) is 69.1 Å². The van der Waals surface area contributed by atoms with Crippen LogP contribution in [0.2, 0.25) is 5.02 Å². The Morgan fingerprint density at radius 2 is 2.07 bits per heavy atom. The lowest BCUT2D eigenvalue weighted by Crippen LogP contribution is -2.04. The van der Waals surface area contributed by atoms with Crippen LogP contribution < -0.4 is 5.43 Å². The molecule has 0 amide bonds. The van der Waals surface area contributed by atoms with Crippen molar-refractivity contribution in [1.82, 2.24) is 19.7 Å². The Balaban J connectivity index is 2.08. The van der Waals surface area contributed by atoms with E-state index in [0.717, 1.165) is 16.7 Å². The summed E-state index contributed by atoms with van der Waals surface area (Å²) in [5.74, 6) is 0. The Hall–Kier alpha value is -3.43. The van der Waals surface area contributed by atoms with Crippen LogP contribution in [0.4, 0.5) is 0 Å². The number of nitriles is 1. The van der Waals surface area contributed by atoms with Crippen molar-refractivity contribution in [2.24, 2.45) is 7.05 Å². The van der Waals surface area contributed by atoms with Crippen LogP contribution in [-0.4, -0.2) is 19.7 Å². The van der Waals surface area contributed by atoms with Gasteiger partial charge in [-0.1, -0.05) is 11.6 Å². The van der Waals surface area contributed by atoms with Gasteiger partial charge in [0.25, 0.3) is 0 Å². The highest BCUT2D eigenvalue weighted by Crippen LogP contribution is 2.34. The van der Waals surface area contributed by atoms with E-state index in [1.54, 1.807) is 23.0 Å². The molecule has 0 saturated heterocycles. The SMILES string of the molecule is Cc1cc(-c2cc3c(=O)cc[nH]c3nc2-c2ccn(C)n2)cc(Cl)c1C#N. The van der Waals surface area contributed by atoms with E-state index in [0.29, 0.717) is 33.0 Å². The fraction of sp³-hybridized carbons (Fsp3) is 0.100. The second-order valence-corrected chi connectivity index (χ2v) is 6.67. The monoisotopic (exact) mass is 375 g/mol. The normalized spacial score (nSPS) is 10.9. The molecule has 0 unspecified atom stereocenters. The number of aromatic nitrogens is 4. The standard InChI is InChI=1S/C20H14ClN5O/c1-11-7-12(8-16(21)15(11)10-22)13-9-14-18(27)3-5-23-20(14)24-19(13)17-4-6-26(2)25-17/h3-9H,1-2H3,(H,23,24,27). The van der Waals surface area contributed by atoms with E-state index < -0.39 is 0 Å². The molecule has 0 saturated carbocycles. The summed E-state index contributed by atoms with van der Waals surface area (Å²) in [7, 11) is 1.83. The lowest BCUT2D eigenvalue weighted by molar-refractivity contribution is 0.770. The number of H-pyrrole nitrogens is 1. The Morgan fingerprint density at radius 1 is 1.26 bits per heavy atom. The number of benzene rings is 1. The summed E-state index contributed by atoms with van der Waals surface area (Å²) in [6, 6.07) is 10.8. The number of hydrogen-bond donors (Lipinski definition) is 1. The molecular weight excluding hydrogens is 362 g/mol. The van der Waals surface area contributed by atoms with Crippen molar-refractivity contribution >= 4 is 22.6 Å². The van der Waals surface area contributed by atoms with Gasteiger partial charge in [0.2, 0.25) is 0 Å². The maximum Gasteiger partial charge on any atom is 0.191 e.